The molecule has 0 spiro atoms. The lowest BCUT2D eigenvalue weighted by atomic mass is 9.93. The van der Waals surface area contributed by atoms with Crippen LogP contribution in [0.25, 0.3) is 0 Å². The van der Waals surface area contributed by atoms with E-state index in [1.165, 1.54) is 6.92 Å². The van der Waals surface area contributed by atoms with E-state index in [-0.39, 0.29) is 23.7 Å². The average Bonchev–Trinajstić information content (AvgIpc) is 3.02. The molecule has 6 nitrogen and oxygen atoms in total. The molecule has 0 fully saturated rings. The van der Waals surface area contributed by atoms with Crippen LogP contribution in [0.3, 0.4) is 0 Å². The molecule has 0 unspecified atom stereocenters. The lowest BCUT2D eigenvalue weighted by molar-refractivity contribution is -0.122. The second-order valence-electron chi connectivity index (χ2n) is 6.91. The number of amides is 1. The van der Waals surface area contributed by atoms with Gasteiger partial charge in [-0.25, -0.2) is 4.98 Å². The van der Waals surface area contributed by atoms with Gasteiger partial charge in [0.2, 0.25) is 5.91 Å². The number of hydrogen-bond acceptors (Lipinski definition) is 5. The minimum absolute atomic E-state index is 0.00551. The Morgan fingerprint density at radius 1 is 1.29 bits per heavy atom. The maximum atomic E-state index is 12.2. The van der Waals surface area contributed by atoms with E-state index in [0.717, 1.165) is 16.4 Å². The first-order valence-corrected chi connectivity index (χ1v) is 8.74. The Hall–Kier alpha value is -2.02. The Labute approximate surface area is 146 Å². The first kappa shape index (κ1) is 18.3. The Kier molecular flexibility index (Phi) is 5.22. The number of aryl methyl sites for hydroxylation is 1. The fraction of sp³-hybridized carbons (Fsp3) is 0.529. The third-order valence-electron chi connectivity index (χ3n) is 3.78. The van der Waals surface area contributed by atoms with Gasteiger partial charge in [0, 0.05) is 16.5 Å². The van der Waals surface area contributed by atoms with Gasteiger partial charge in [-0.15, -0.1) is 11.3 Å². The molecule has 0 aromatic carbocycles. The molecule has 0 saturated carbocycles. The van der Waals surface area contributed by atoms with E-state index in [1.54, 1.807) is 29.9 Å². The summed E-state index contributed by atoms with van der Waals surface area (Å²) >= 11 is 1.55. The number of carbonyl (C=O) groups is 2. The molecule has 0 saturated heterocycles. The summed E-state index contributed by atoms with van der Waals surface area (Å²) < 4.78 is 1.57. The standard InChI is InChI=1S/C17H24N4O2S/c1-10-16(12(3)22)11(2)21(20-10)8-14(23)18-7-15-19-13(9-24-15)17(4,5)6/h9H,7-8H2,1-6H3,(H,18,23). The van der Waals surface area contributed by atoms with Crippen LogP contribution in [0.1, 0.15) is 60.1 Å². The number of hydrogen-bond donors (Lipinski definition) is 1. The summed E-state index contributed by atoms with van der Waals surface area (Å²) in [4.78, 5) is 28.3. The predicted octanol–water partition coefficient (Wildman–Crippen LogP) is 2.77. The number of ketones is 1. The molecular formula is C17H24N4O2S. The number of carbonyl (C=O) groups excluding carboxylic acids is 2. The van der Waals surface area contributed by atoms with Gasteiger partial charge >= 0.3 is 0 Å². The molecule has 0 radical (unpaired) electrons. The molecule has 0 aliphatic rings. The summed E-state index contributed by atoms with van der Waals surface area (Å²) in [6.07, 6.45) is 0. The van der Waals surface area contributed by atoms with Crippen molar-refractivity contribution in [3.8, 4) is 0 Å². The molecule has 2 rings (SSSR count). The summed E-state index contributed by atoms with van der Waals surface area (Å²) in [6, 6.07) is 0. The van der Waals surface area contributed by atoms with Crippen LogP contribution in [0.4, 0.5) is 0 Å². The first-order valence-electron chi connectivity index (χ1n) is 7.86. The van der Waals surface area contributed by atoms with Crippen LogP contribution >= 0.6 is 11.3 Å². The van der Waals surface area contributed by atoms with Gasteiger partial charge in [-0.05, 0) is 20.8 Å². The van der Waals surface area contributed by atoms with Gasteiger partial charge in [0.25, 0.3) is 0 Å². The van der Waals surface area contributed by atoms with Gasteiger partial charge in [-0.3, -0.25) is 14.3 Å². The highest BCUT2D eigenvalue weighted by molar-refractivity contribution is 7.09. The van der Waals surface area contributed by atoms with Crippen molar-refractivity contribution in [1.29, 1.82) is 0 Å². The molecule has 0 bridgehead atoms. The van der Waals surface area contributed by atoms with Crippen molar-refractivity contribution in [3.63, 3.8) is 0 Å². The van der Waals surface area contributed by atoms with Gasteiger partial charge in [0.1, 0.15) is 11.6 Å². The smallest absolute Gasteiger partial charge is 0.242 e. The van der Waals surface area contributed by atoms with E-state index in [1.807, 2.05) is 5.38 Å². The van der Waals surface area contributed by atoms with Gasteiger partial charge in [-0.1, -0.05) is 20.8 Å². The number of thiazole rings is 1. The molecule has 2 aromatic heterocycles. The number of Topliss-reactive ketones (excluding diaryl/α,β-unsaturated/α-hetero) is 1. The highest BCUT2D eigenvalue weighted by atomic mass is 32.1. The number of rotatable bonds is 5. The van der Waals surface area contributed by atoms with Crippen molar-refractivity contribution < 1.29 is 9.59 Å². The molecule has 1 N–H and O–H groups in total. The first-order chi connectivity index (χ1) is 11.1. The Balaban J connectivity index is 1.98. The molecule has 0 aliphatic carbocycles. The zero-order chi connectivity index (χ0) is 18.1. The zero-order valence-corrected chi connectivity index (χ0v) is 15.9. The molecule has 2 heterocycles. The minimum atomic E-state index is -0.150. The molecule has 0 aliphatic heterocycles. The Bertz CT molecular complexity index is 768. The maximum Gasteiger partial charge on any atom is 0.242 e. The molecular weight excluding hydrogens is 324 g/mol. The molecule has 2 aromatic rings. The molecule has 130 valence electrons. The molecule has 0 atom stereocenters. The van der Waals surface area contributed by atoms with Crippen molar-refractivity contribution >= 4 is 23.0 Å². The van der Waals surface area contributed by atoms with Crippen molar-refractivity contribution in [2.24, 2.45) is 0 Å². The third kappa shape index (κ3) is 4.08. The zero-order valence-electron chi connectivity index (χ0n) is 15.1. The lowest BCUT2D eigenvalue weighted by Gasteiger charge is -2.14. The van der Waals surface area contributed by atoms with Crippen LogP contribution in [-0.4, -0.2) is 26.5 Å². The number of aromatic nitrogens is 3. The van der Waals surface area contributed by atoms with Crippen molar-refractivity contribution in [2.45, 2.75) is 60.0 Å². The van der Waals surface area contributed by atoms with Crippen molar-refractivity contribution in [2.75, 3.05) is 0 Å². The van der Waals surface area contributed by atoms with Gasteiger partial charge in [0.05, 0.1) is 23.5 Å². The van der Waals surface area contributed by atoms with E-state index in [2.05, 4.69) is 36.2 Å². The average molecular weight is 348 g/mol. The van der Waals surface area contributed by atoms with Crippen LogP contribution in [0, 0.1) is 13.8 Å². The third-order valence-corrected chi connectivity index (χ3v) is 4.63. The normalized spacial score (nSPS) is 11.6. The van der Waals surface area contributed by atoms with Gasteiger partial charge < -0.3 is 5.32 Å². The topological polar surface area (TPSA) is 76.9 Å². The molecule has 7 heteroatoms. The highest BCUT2D eigenvalue weighted by Crippen LogP contribution is 2.23. The van der Waals surface area contributed by atoms with Gasteiger partial charge in [-0.2, -0.15) is 5.10 Å². The summed E-state index contributed by atoms with van der Waals surface area (Å²) in [5.41, 5.74) is 3.01. The van der Waals surface area contributed by atoms with E-state index in [4.69, 9.17) is 0 Å². The largest absolute Gasteiger partial charge is 0.348 e. The van der Waals surface area contributed by atoms with E-state index >= 15 is 0 Å². The SMILES string of the molecule is CC(=O)c1c(C)nn(CC(=O)NCc2nc(C(C)(C)C)cs2)c1C. The second-order valence-corrected chi connectivity index (χ2v) is 7.86. The number of nitrogens with one attached hydrogen (secondary N) is 1. The lowest BCUT2D eigenvalue weighted by Crippen LogP contribution is -2.28. The van der Waals surface area contributed by atoms with Crippen LogP contribution in [0.5, 0.6) is 0 Å². The molecule has 24 heavy (non-hydrogen) atoms. The summed E-state index contributed by atoms with van der Waals surface area (Å²) in [5.74, 6) is -0.183. The van der Waals surface area contributed by atoms with E-state index in [0.29, 0.717) is 17.8 Å². The quantitative estimate of drug-likeness (QED) is 0.843. The van der Waals surface area contributed by atoms with Crippen LogP contribution in [0.15, 0.2) is 5.38 Å². The Morgan fingerprint density at radius 3 is 2.46 bits per heavy atom. The highest BCUT2D eigenvalue weighted by Gasteiger charge is 2.19. The van der Waals surface area contributed by atoms with Crippen molar-refractivity contribution in [1.82, 2.24) is 20.1 Å². The monoisotopic (exact) mass is 348 g/mol. The van der Waals surface area contributed by atoms with E-state index in [9.17, 15) is 9.59 Å². The van der Waals surface area contributed by atoms with Crippen LogP contribution in [-0.2, 0) is 23.3 Å². The fourth-order valence-electron chi connectivity index (χ4n) is 2.46. The van der Waals surface area contributed by atoms with E-state index < -0.39 is 0 Å². The maximum absolute atomic E-state index is 12.2. The second kappa shape index (κ2) is 6.84. The van der Waals surface area contributed by atoms with Crippen LogP contribution < -0.4 is 5.32 Å². The minimum Gasteiger partial charge on any atom is -0.348 e. The van der Waals surface area contributed by atoms with Crippen LogP contribution in [0.2, 0.25) is 0 Å². The predicted molar refractivity (Wildman–Crippen MR) is 94.4 cm³/mol. The molecule has 1 amide bonds. The Morgan fingerprint density at radius 2 is 1.96 bits per heavy atom. The number of nitrogens with zero attached hydrogens (tertiary/aromatic N) is 3. The fourth-order valence-corrected chi connectivity index (χ4v) is 3.42. The summed E-state index contributed by atoms with van der Waals surface area (Å²) in [7, 11) is 0. The van der Waals surface area contributed by atoms with Gasteiger partial charge in [0.15, 0.2) is 5.78 Å². The summed E-state index contributed by atoms with van der Waals surface area (Å²) in [5, 5.41) is 10.1. The van der Waals surface area contributed by atoms with Crippen molar-refractivity contribution in [3.05, 3.63) is 33.0 Å². The summed E-state index contributed by atoms with van der Waals surface area (Å²) in [6.45, 7) is 11.9.